The Morgan fingerprint density at radius 2 is 1.77 bits per heavy atom. The van der Waals surface area contributed by atoms with Gasteiger partial charge >= 0.3 is 0 Å². The van der Waals surface area contributed by atoms with Crippen LogP contribution in [0.25, 0.3) is 21.1 Å². The van der Waals surface area contributed by atoms with E-state index in [1.165, 1.54) is 35.2 Å². The third-order valence-electron chi connectivity index (χ3n) is 4.28. The molecular weight excluding hydrogens is 485 g/mol. The van der Waals surface area contributed by atoms with E-state index in [0.29, 0.717) is 16.3 Å². The Bertz CT molecular complexity index is 1180. The summed E-state index contributed by atoms with van der Waals surface area (Å²) in [5.74, 6) is 0.0645. The van der Waals surface area contributed by atoms with Crippen LogP contribution in [0.3, 0.4) is 0 Å². The van der Waals surface area contributed by atoms with Gasteiger partial charge < -0.3 is 0 Å². The monoisotopic (exact) mass is 499 g/mol. The maximum Gasteiger partial charge on any atom is 0.173 e. The molecule has 30 heavy (non-hydrogen) atoms. The first-order chi connectivity index (χ1) is 14.5. The molecule has 0 spiro atoms. The number of ketones is 1. The smallest absolute Gasteiger partial charge is 0.173 e. The van der Waals surface area contributed by atoms with E-state index in [1.807, 2.05) is 31.2 Å². The summed E-state index contributed by atoms with van der Waals surface area (Å²) in [5, 5.41) is 10.1. The maximum atomic E-state index is 13.2. The van der Waals surface area contributed by atoms with Crippen LogP contribution in [0.1, 0.15) is 16.1 Å². The van der Waals surface area contributed by atoms with Crippen LogP contribution in [0.5, 0.6) is 0 Å². The topological polar surface area (TPSA) is 55.7 Å². The molecule has 0 radical (unpaired) electrons. The molecule has 2 aromatic carbocycles. The number of carbonyl (C=O) groups excluding carboxylic acids is 1. The largest absolute Gasteiger partial charge is 0.293 e. The molecule has 0 saturated carbocycles. The molecule has 0 N–H and O–H groups in total. The van der Waals surface area contributed by atoms with Gasteiger partial charge in [-0.3, -0.25) is 4.79 Å². The molecule has 4 rings (SSSR count). The second-order valence-electron chi connectivity index (χ2n) is 6.42. The number of Topliss-reactive ketones (excluding diaryl/α,β-unsaturated/α-hetero) is 1. The van der Waals surface area contributed by atoms with Crippen molar-refractivity contribution >= 4 is 44.8 Å². The quantitative estimate of drug-likeness (QED) is 0.225. The molecule has 4 aromatic rings. The van der Waals surface area contributed by atoms with Crippen LogP contribution in [0.4, 0.5) is 4.39 Å². The fourth-order valence-corrected chi connectivity index (χ4v) is 4.74. The predicted octanol–water partition coefficient (Wildman–Crippen LogP) is 6.45. The molecule has 8 heteroatoms. The highest BCUT2D eigenvalue weighted by Gasteiger charge is 2.14. The zero-order valence-corrected chi connectivity index (χ0v) is 19.0. The van der Waals surface area contributed by atoms with E-state index in [-0.39, 0.29) is 11.6 Å². The van der Waals surface area contributed by atoms with Crippen LogP contribution in [0.15, 0.2) is 70.2 Å². The average molecular weight is 500 g/mol. The van der Waals surface area contributed by atoms with E-state index in [1.54, 1.807) is 24.3 Å². The first-order valence-electron chi connectivity index (χ1n) is 8.98. The number of hydrogen-bond acceptors (Lipinski definition) is 6. The predicted molar refractivity (Wildman–Crippen MR) is 122 cm³/mol. The van der Waals surface area contributed by atoms with E-state index >= 15 is 0 Å². The third-order valence-corrected chi connectivity index (χ3v) is 6.96. The Labute approximate surface area is 189 Å². The zero-order chi connectivity index (χ0) is 21.1. The van der Waals surface area contributed by atoms with E-state index < -0.39 is 0 Å². The summed E-state index contributed by atoms with van der Waals surface area (Å²) >= 11 is 6.22. The molecule has 0 aliphatic rings. The minimum Gasteiger partial charge on any atom is -0.293 e. The lowest BCUT2D eigenvalue weighted by molar-refractivity contribution is 0.102. The number of thioether (sulfide) groups is 1. The Morgan fingerprint density at radius 3 is 2.43 bits per heavy atom. The zero-order valence-electron chi connectivity index (χ0n) is 15.8. The van der Waals surface area contributed by atoms with Crippen molar-refractivity contribution in [3.8, 4) is 21.1 Å². The number of aromatic nitrogens is 3. The van der Waals surface area contributed by atoms with Crippen LogP contribution in [0, 0.1) is 12.7 Å². The van der Waals surface area contributed by atoms with Gasteiger partial charge in [-0.05, 0) is 55.5 Å². The van der Waals surface area contributed by atoms with Crippen LogP contribution in [-0.4, -0.2) is 26.7 Å². The Kier molecular flexibility index (Phi) is 6.36. The van der Waals surface area contributed by atoms with Crippen molar-refractivity contribution in [2.75, 3.05) is 5.75 Å². The third kappa shape index (κ3) is 4.83. The molecule has 0 aliphatic heterocycles. The molecule has 0 fully saturated rings. The minimum absolute atomic E-state index is 0.0422. The van der Waals surface area contributed by atoms with Gasteiger partial charge in [0.1, 0.15) is 21.5 Å². The molecule has 150 valence electrons. The summed E-state index contributed by atoms with van der Waals surface area (Å²) in [5.41, 5.74) is 3.10. The van der Waals surface area contributed by atoms with Gasteiger partial charge in [0.2, 0.25) is 0 Å². The van der Waals surface area contributed by atoms with E-state index in [0.717, 1.165) is 31.3 Å². The second-order valence-corrected chi connectivity index (χ2v) is 9.33. The maximum absolute atomic E-state index is 13.2. The Hall–Kier alpha value is -2.42. The van der Waals surface area contributed by atoms with Gasteiger partial charge in [0, 0.05) is 15.6 Å². The van der Waals surface area contributed by atoms with Crippen molar-refractivity contribution in [1.29, 1.82) is 0 Å². The lowest BCUT2D eigenvalue weighted by Crippen LogP contribution is -2.02. The van der Waals surface area contributed by atoms with Crippen LogP contribution in [0.2, 0.25) is 0 Å². The van der Waals surface area contributed by atoms with Gasteiger partial charge in [-0.2, -0.15) is 0 Å². The van der Waals surface area contributed by atoms with Crippen molar-refractivity contribution < 1.29 is 9.18 Å². The van der Waals surface area contributed by atoms with Gasteiger partial charge in [0.05, 0.1) is 16.3 Å². The molecule has 0 saturated heterocycles. The van der Waals surface area contributed by atoms with Crippen molar-refractivity contribution in [3.63, 3.8) is 0 Å². The highest BCUT2D eigenvalue weighted by atomic mass is 79.9. The number of thiazole rings is 1. The summed E-state index contributed by atoms with van der Waals surface area (Å²) in [6, 6.07) is 17.3. The van der Waals surface area contributed by atoms with Gasteiger partial charge in [-0.1, -0.05) is 39.8 Å². The first kappa shape index (κ1) is 20.8. The fraction of sp³-hybridized carbons (Fsp3) is 0.0909. The number of halogens is 2. The highest BCUT2D eigenvalue weighted by molar-refractivity contribution is 9.10. The average Bonchev–Trinajstić information content (AvgIpc) is 3.15. The van der Waals surface area contributed by atoms with Crippen LogP contribution >= 0.6 is 39.0 Å². The SMILES string of the molecule is Cc1nc(-c2ccc(F)cc2)sc1-c1ccc(SCC(=O)c2ccc(Br)cc2)nn1. The fourth-order valence-electron chi connectivity index (χ4n) is 2.73. The lowest BCUT2D eigenvalue weighted by atomic mass is 10.2. The van der Waals surface area contributed by atoms with Crippen molar-refractivity contribution in [2.24, 2.45) is 0 Å². The van der Waals surface area contributed by atoms with Gasteiger partial charge in [-0.25, -0.2) is 9.37 Å². The van der Waals surface area contributed by atoms with Crippen LogP contribution in [-0.2, 0) is 0 Å². The van der Waals surface area contributed by atoms with Crippen molar-refractivity contribution in [3.05, 3.63) is 82.2 Å². The second kappa shape index (κ2) is 9.16. The number of carbonyl (C=O) groups is 1. The lowest BCUT2D eigenvalue weighted by Gasteiger charge is -2.02. The minimum atomic E-state index is -0.273. The molecule has 2 heterocycles. The van der Waals surface area contributed by atoms with E-state index in [4.69, 9.17) is 0 Å². The normalized spacial score (nSPS) is 10.9. The van der Waals surface area contributed by atoms with Crippen LogP contribution < -0.4 is 0 Å². The number of aryl methyl sites for hydroxylation is 1. The standard InChI is InChI=1S/C22H15BrFN3OS2/c1-13-21(30-22(25-13)15-4-8-17(24)9-5-15)18-10-11-20(27-26-18)29-12-19(28)14-2-6-16(23)7-3-14/h2-11H,12H2,1H3. The van der Waals surface area contributed by atoms with E-state index in [2.05, 4.69) is 31.1 Å². The molecule has 0 atom stereocenters. The van der Waals surface area contributed by atoms with Crippen molar-refractivity contribution in [2.45, 2.75) is 11.9 Å². The number of nitrogens with zero attached hydrogens (tertiary/aromatic N) is 3. The summed E-state index contributed by atoms with van der Waals surface area (Å²) in [6.45, 7) is 1.92. The van der Waals surface area contributed by atoms with Gasteiger partial charge in [0.15, 0.2) is 5.78 Å². The molecule has 0 bridgehead atoms. The first-order valence-corrected chi connectivity index (χ1v) is 11.6. The summed E-state index contributed by atoms with van der Waals surface area (Å²) < 4.78 is 14.1. The molecular formula is C22H15BrFN3OS2. The molecule has 2 aromatic heterocycles. The molecule has 4 nitrogen and oxygen atoms in total. The van der Waals surface area contributed by atoms with Crippen molar-refractivity contribution in [1.82, 2.24) is 15.2 Å². The van der Waals surface area contributed by atoms with Gasteiger partial charge in [0.25, 0.3) is 0 Å². The van der Waals surface area contributed by atoms with Gasteiger partial charge in [-0.15, -0.1) is 21.5 Å². The summed E-state index contributed by atoms with van der Waals surface area (Å²) in [6.07, 6.45) is 0. The molecule has 0 amide bonds. The Morgan fingerprint density at radius 1 is 1.03 bits per heavy atom. The number of hydrogen-bond donors (Lipinski definition) is 0. The molecule has 0 aliphatic carbocycles. The highest BCUT2D eigenvalue weighted by Crippen LogP contribution is 2.34. The summed E-state index contributed by atoms with van der Waals surface area (Å²) in [4.78, 5) is 17.8. The summed E-state index contributed by atoms with van der Waals surface area (Å²) in [7, 11) is 0. The molecule has 0 unspecified atom stereocenters. The van der Waals surface area contributed by atoms with E-state index in [9.17, 15) is 9.18 Å². The number of benzene rings is 2. The Balaban J connectivity index is 1.45. The number of rotatable bonds is 6.